The van der Waals surface area contributed by atoms with Crippen molar-refractivity contribution in [1.29, 1.82) is 0 Å². The molecule has 0 atom stereocenters. The second-order valence-corrected chi connectivity index (χ2v) is 3.37. The van der Waals surface area contributed by atoms with E-state index in [0.29, 0.717) is 0 Å². The molecule has 0 amide bonds. The van der Waals surface area contributed by atoms with Gasteiger partial charge in [-0.25, -0.2) is 4.79 Å². The summed E-state index contributed by atoms with van der Waals surface area (Å²) >= 11 is 0. The number of nitrogens with zero attached hydrogens (tertiary/aromatic N) is 4. The second kappa shape index (κ2) is 5.78. The van der Waals surface area contributed by atoms with Crippen LogP contribution in [0.3, 0.4) is 0 Å². The van der Waals surface area contributed by atoms with Gasteiger partial charge in [-0.15, -0.1) is 15.0 Å². The number of carboxylic acids is 1. The third-order valence-electron chi connectivity index (χ3n) is 2.16. The van der Waals surface area contributed by atoms with Gasteiger partial charge in [-0.1, -0.05) is 0 Å². The summed E-state index contributed by atoms with van der Waals surface area (Å²) < 4.78 is 15.0. The molecular weight excluding hydrogens is 268 g/mol. The Bertz CT molecular complexity index is 612. The summed E-state index contributed by atoms with van der Waals surface area (Å²) in [5, 5.41) is 9.03. The summed E-state index contributed by atoms with van der Waals surface area (Å²) in [6.45, 7) is 0. The van der Waals surface area contributed by atoms with Crippen molar-refractivity contribution in [1.82, 2.24) is 19.9 Å². The van der Waals surface area contributed by atoms with E-state index in [2.05, 4.69) is 19.9 Å². The first-order chi connectivity index (χ1) is 9.63. The number of rotatable bonds is 5. The lowest BCUT2D eigenvalue weighted by molar-refractivity contribution is 0.0694. The molecule has 2 aromatic heterocycles. The SMILES string of the molecule is COc1nc(OC)nc(Oc2cnccc2C(=O)O)n1. The van der Waals surface area contributed by atoms with E-state index in [-0.39, 0.29) is 29.3 Å². The number of hydrogen-bond donors (Lipinski definition) is 1. The molecule has 2 rings (SSSR count). The van der Waals surface area contributed by atoms with Crippen LogP contribution in [0.2, 0.25) is 0 Å². The van der Waals surface area contributed by atoms with Crippen LogP contribution in [0.4, 0.5) is 0 Å². The molecule has 0 saturated carbocycles. The fraction of sp³-hybridized carbons (Fsp3) is 0.182. The van der Waals surface area contributed by atoms with Crippen LogP contribution in [0.15, 0.2) is 18.5 Å². The molecule has 0 aliphatic carbocycles. The average molecular weight is 278 g/mol. The third-order valence-corrected chi connectivity index (χ3v) is 2.16. The Kier molecular flexibility index (Phi) is 3.89. The van der Waals surface area contributed by atoms with Crippen molar-refractivity contribution < 1.29 is 24.1 Å². The maximum absolute atomic E-state index is 11.0. The molecule has 0 aliphatic heterocycles. The summed E-state index contributed by atoms with van der Waals surface area (Å²) in [5.41, 5.74) is -0.0710. The van der Waals surface area contributed by atoms with Gasteiger partial charge >= 0.3 is 24.0 Å². The average Bonchev–Trinajstić information content (AvgIpc) is 2.47. The quantitative estimate of drug-likeness (QED) is 0.846. The van der Waals surface area contributed by atoms with E-state index in [9.17, 15) is 4.79 Å². The Balaban J connectivity index is 2.37. The van der Waals surface area contributed by atoms with Crippen LogP contribution < -0.4 is 14.2 Å². The summed E-state index contributed by atoms with van der Waals surface area (Å²) in [5.74, 6) is -1.16. The van der Waals surface area contributed by atoms with Gasteiger partial charge in [0.2, 0.25) is 0 Å². The summed E-state index contributed by atoms with van der Waals surface area (Å²) in [6.07, 6.45) is 2.58. The van der Waals surface area contributed by atoms with Gasteiger partial charge in [-0.2, -0.15) is 0 Å². The zero-order valence-electron chi connectivity index (χ0n) is 10.6. The van der Waals surface area contributed by atoms with Crippen molar-refractivity contribution in [2.45, 2.75) is 0 Å². The highest BCUT2D eigenvalue weighted by molar-refractivity contribution is 5.90. The molecule has 2 heterocycles. The minimum Gasteiger partial charge on any atom is -0.478 e. The lowest BCUT2D eigenvalue weighted by Gasteiger charge is -2.07. The Morgan fingerprint density at radius 2 is 1.70 bits per heavy atom. The van der Waals surface area contributed by atoms with Crippen LogP contribution in [0.5, 0.6) is 23.8 Å². The maximum atomic E-state index is 11.0. The first-order valence-corrected chi connectivity index (χ1v) is 5.33. The van der Waals surface area contributed by atoms with E-state index in [1.807, 2.05) is 0 Å². The van der Waals surface area contributed by atoms with E-state index in [4.69, 9.17) is 19.3 Å². The molecule has 2 aromatic rings. The lowest BCUT2D eigenvalue weighted by atomic mass is 10.2. The fourth-order valence-electron chi connectivity index (χ4n) is 1.29. The van der Waals surface area contributed by atoms with Crippen LogP contribution in [0.25, 0.3) is 0 Å². The van der Waals surface area contributed by atoms with Gasteiger partial charge < -0.3 is 19.3 Å². The predicted octanol–water partition coefficient (Wildman–Crippen LogP) is 0.774. The zero-order chi connectivity index (χ0) is 14.5. The number of ether oxygens (including phenoxy) is 3. The van der Waals surface area contributed by atoms with Crippen LogP contribution in [0.1, 0.15) is 10.4 Å². The topological polar surface area (TPSA) is 117 Å². The van der Waals surface area contributed by atoms with Gasteiger partial charge in [0.15, 0.2) is 5.75 Å². The van der Waals surface area contributed by atoms with Crippen LogP contribution in [-0.4, -0.2) is 45.2 Å². The zero-order valence-corrected chi connectivity index (χ0v) is 10.6. The van der Waals surface area contributed by atoms with Crippen LogP contribution >= 0.6 is 0 Å². The molecule has 0 bridgehead atoms. The molecule has 0 aliphatic rings. The van der Waals surface area contributed by atoms with E-state index in [1.54, 1.807) is 0 Å². The lowest BCUT2D eigenvalue weighted by Crippen LogP contribution is -2.04. The maximum Gasteiger partial charge on any atom is 0.339 e. The predicted molar refractivity (Wildman–Crippen MR) is 64.2 cm³/mol. The van der Waals surface area contributed by atoms with Crippen molar-refractivity contribution in [3.63, 3.8) is 0 Å². The molecule has 1 N–H and O–H groups in total. The summed E-state index contributed by atoms with van der Waals surface area (Å²) in [6, 6.07) is 1.09. The van der Waals surface area contributed by atoms with Crippen LogP contribution in [-0.2, 0) is 0 Å². The number of carboxylic acid groups (broad SMARTS) is 1. The number of aromatic carboxylic acids is 1. The molecule has 0 fully saturated rings. The highest BCUT2D eigenvalue weighted by atomic mass is 16.5. The molecule has 20 heavy (non-hydrogen) atoms. The van der Waals surface area contributed by atoms with E-state index in [1.165, 1.54) is 32.7 Å². The Morgan fingerprint density at radius 1 is 1.10 bits per heavy atom. The van der Waals surface area contributed by atoms with Crippen molar-refractivity contribution in [2.24, 2.45) is 0 Å². The van der Waals surface area contributed by atoms with Gasteiger partial charge in [0.05, 0.1) is 20.4 Å². The molecular formula is C11H10N4O5. The van der Waals surface area contributed by atoms with Crippen molar-refractivity contribution in [2.75, 3.05) is 14.2 Å². The first kappa shape index (κ1) is 13.5. The van der Waals surface area contributed by atoms with Crippen molar-refractivity contribution in [3.05, 3.63) is 24.0 Å². The van der Waals surface area contributed by atoms with Gasteiger partial charge in [-0.05, 0) is 6.07 Å². The molecule has 0 aromatic carbocycles. The van der Waals surface area contributed by atoms with E-state index >= 15 is 0 Å². The number of methoxy groups -OCH3 is 2. The summed E-state index contributed by atoms with van der Waals surface area (Å²) in [7, 11) is 2.73. The normalized spacial score (nSPS) is 9.90. The smallest absolute Gasteiger partial charge is 0.339 e. The molecule has 104 valence electrons. The first-order valence-electron chi connectivity index (χ1n) is 5.33. The highest BCUT2D eigenvalue weighted by Gasteiger charge is 2.15. The Labute approximate surface area is 113 Å². The monoisotopic (exact) mass is 278 g/mol. The number of carbonyl (C=O) groups is 1. The van der Waals surface area contributed by atoms with Gasteiger partial charge in [0.25, 0.3) is 0 Å². The van der Waals surface area contributed by atoms with Crippen molar-refractivity contribution in [3.8, 4) is 23.8 Å². The van der Waals surface area contributed by atoms with Crippen LogP contribution in [0, 0.1) is 0 Å². The number of aromatic nitrogens is 4. The molecule has 9 nitrogen and oxygen atoms in total. The number of hydrogen-bond acceptors (Lipinski definition) is 8. The molecule has 0 unspecified atom stereocenters. The summed E-state index contributed by atoms with van der Waals surface area (Å²) in [4.78, 5) is 26.3. The minimum absolute atomic E-state index is 0.00435. The largest absolute Gasteiger partial charge is 0.478 e. The highest BCUT2D eigenvalue weighted by Crippen LogP contribution is 2.23. The number of pyridine rings is 1. The van der Waals surface area contributed by atoms with E-state index < -0.39 is 5.97 Å². The Hall–Kier alpha value is -2.97. The van der Waals surface area contributed by atoms with Gasteiger partial charge in [0, 0.05) is 6.20 Å². The minimum atomic E-state index is -1.16. The van der Waals surface area contributed by atoms with Gasteiger partial charge in [0.1, 0.15) is 5.56 Å². The second-order valence-electron chi connectivity index (χ2n) is 3.37. The molecule has 0 spiro atoms. The molecule has 0 radical (unpaired) electrons. The Morgan fingerprint density at radius 3 is 2.25 bits per heavy atom. The standard InChI is InChI=1S/C11H10N4O5/c1-18-9-13-10(19-2)15-11(14-9)20-7-5-12-4-3-6(7)8(16)17/h3-5H,1-2H3,(H,16,17). The molecule has 9 heteroatoms. The van der Waals surface area contributed by atoms with Gasteiger partial charge in [-0.3, -0.25) is 4.98 Å². The molecule has 0 saturated heterocycles. The van der Waals surface area contributed by atoms with E-state index in [0.717, 1.165) is 0 Å². The fourth-order valence-corrected chi connectivity index (χ4v) is 1.29. The third kappa shape index (κ3) is 2.88. The van der Waals surface area contributed by atoms with Crippen molar-refractivity contribution >= 4 is 5.97 Å².